The smallest absolute Gasteiger partial charge is 0.198 e. The van der Waals surface area contributed by atoms with Gasteiger partial charge in [-0.15, -0.1) is 0 Å². The molecule has 2 nitrogen and oxygen atoms in total. The number of nitrogens with one attached hydrogen (secondary N) is 1. The molecule has 0 saturated carbocycles. The number of ketones is 1. The summed E-state index contributed by atoms with van der Waals surface area (Å²) in [6, 6.07) is 11.2. The van der Waals surface area contributed by atoms with Crippen molar-refractivity contribution in [3.63, 3.8) is 0 Å². The summed E-state index contributed by atoms with van der Waals surface area (Å²) in [6.45, 7) is 0. The van der Waals surface area contributed by atoms with Crippen LogP contribution in [0.5, 0.6) is 0 Å². The van der Waals surface area contributed by atoms with Crippen LogP contribution < -0.4 is 0 Å². The number of carbonyl (C=O) groups is 1. The molecule has 0 radical (unpaired) electrons. The number of rotatable bonds is 2. The van der Waals surface area contributed by atoms with E-state index in [0.717, 1.165) is 5.52 Å². The zero-order valence-corrected chi connectivity index (χ0v) is 10.5. The third kappa shape index (κ3) is 2.02. The van der Waals surface area contributed by atoms with E-state index in [9.17, 15) is 9.18 Å². The van der Waals surface area contributed by atoms with Crippen molar-refractivity contribution in [2.24, 2.45) is 0 Å². The Labute approximate surface area is 113 Å². The number of aromatic nitrogens is 1. The SMILES string of the molecule is O=C(c1ccccc1F)c1c[nH]c2ccc(Cl)cc12. The Bertz CT molecular complexity index is 779. The molecular formula is C15H9ClFNO. The molecule has 19 heavy (non-hydrogen) atoms. The molecule has 1 N–H and O–H groups in total. The molecular weight excluding hydrogens is 265 g/mol. The number of fused-ring (bicyclic) bond motifs is 1. The molecule has 0 saturated heterocycles. The quantitative estimate of drug-likeness (QED) is 0.698. The van der Waals surface area contributed by atoms with Crippen LogP contribution in [-0.2, 0) is 0 Å². The molecule has 1 aromatic heterocycles. The van der Waals surface area contributed by atoms with Gasteiger partial charge in [-0.25, -0.2) is 4.39 Å². The van der Waals surface area contributed by atoms with E-state index < -0.39 is 5.82 Å². The van der Waals surface area contributed by atoms with E-state index in [1.165, 1.54) is 12.1 Å². The van der Waals surface area contributed by atoms with Crippen molar-refractivity contribution in [1.82, 2.24) is 4.98 Å². The van der Waals surface area contributed by atoms with Crippen molar-refractivity contribution in [2.75, 3.05) is 0 Å². The van der Waals surface area contributed by atoms with E-state index >= 15 is 0 Å². The Balaban J connectivity index is 2.17. The number of hydrogen-bond donors (Lipinski definition) is 1. The average Bonchev–Trinajstić information content (AvgIpc) is 2.81. The van der Waals surface area contributed by atoms with E-state index in [1.54, 1.807) is 36.5 Å². The molecule has 0 aliphatic carbocycles. The Kier molecular flexibility index (Phi) is 2.84. The van der Waals surface area contributed by atoms with Gasteiger partial charge in [-0.3, -0.25) is 4.79 Å². The van der Waals surface area contributed by atoms with Gasteiger partial charge in [0.15, 0.2) is 5.78 Å². The Morgan fingerprint density at radius 1 is 1.11 bits per heavy atom. The Hall–Kier alpha value is -2.13. The van der Waals surface area contributed by atoms with Gasteiger partial charge in [-0.2, -0.15) is 0 Å². The summed E-state index contributed by atoms with van der Waals surface area (Å²) in [4.78, 5) is 15.3. The van der Waals surface area contributed by atoms with Crippen molar-refractivity contribution < 1.29 is 9.18 Å². The lowest BCUT2D eigenvalue weighted by atomic mass is 10.0. The van der Waals surface area contributed by atoms with Gasteiger partial charge >= 0.3 is 0 Å². The number of aromatic amines is 1. The van der Waals surface area contributed by atoms with E-state index in [4.69, 9.17) is 11.6 Å². The van der Waals surface area contributed by atoms with Crippen LogP contribution >= 0.6 is 11.6 Å². The minimum Gasteiger partial charge on any atom is -0.360 e. The molecule has 4 heteroatoms. The first-order valence-corrected chi connectivity index (χ1v) is 6.10. The van der Waals surface area contributed by atoms with Crippen LogP contribution in [0.2, 0.25) is 5.02 Å². The number of hydrogen-bond acceptors (Lipinski definition) is 1. The predicted octanol–water partition coefficient (Wildman–Crippen LogP) is 4.19. The van der Waals surface area contributed by atoms with Crippen molar-refractivity contribution >= 4 is 28.3 Å². The summed E-state index contributed by atoms with van der Waals surface area (Å²) in [6.07, 6.45) is 1.58. The molecule has 0 aliphatic heterocycles. The van der Waals surface area contributed by atoms with Crippen LogP contribution in [0.25, 0.3) is 10.9 Å². The molecule has 0 bridgehead atoms. The summed E-state index contributed by atoms with van der Waals surface area (Å²) in [5, 5.41) is 1.23. The van der Waals surface area contributed by atoms with Crippen LogP contribution in [0.3, 0.4) is 0 Å². The molecule has 1 heterocycles. The molecule has 0 unspecified atom stereocenters. The van der Waals surface area contributed by atoms with Gasteiger partial charge in [0.25, 0.3) is 0 Å². The molecule has 3 aromatic rings. The lowest BCUT2D eigenvalue weighted by Crippen LogP contribution is -2.03. The third-order valence-electron chi connectivity index (χ3n) is 3.01. The molecule has 0 aliphatic rings. The average molecular weight is 274 g/mol. The zero-order chi connectivity index (χ0) is 13.4. The van der Waals surface area contributed by atoms with Crippen LogP contribution in [0.15, 0.2) is 48.7 Å². The number of halogens is 2. The van der Waals surface area contributed by atoms with Gasteiger partial charge in [0.05, 0.1) is 5.56 Å². The van der Waals surface area contributed by atoms with E-state index in [0.29, 0.717) is 16.0 Å². The van der Waals surface area contributed by atoms with E-state index in [2.05, 4.69) is 4.98 Å². The largest absolute Gasteiger partial charge is 0.360 e. The minimum atomic E-state index is -0.524. The van der Waals surface area contributed by atoms with Gasteiger partial charge in [0.2, 0.25) is 0 Å². The minimum absolute atomic E-state index is 0.0587. The van der Waals surface area contributed by atoms with Crippen molar-refractivity contribution in [1.29, 1.82) is 0 Å². The highest BCUT2D eigenvalue weighted by Crippen LogP contribution is 2.25. The number of carbonyl (C=O) groups excluding carboxylic acids is 1. The van der Waals surface area contributed by atoms with Gasteiger partial charge < -0.3 is 4.98 Å². The summed E-state index contributed by atoms with van der Waals surface area (Å²) in [5.74, 6) is -0.879. The highest BCUT2D eigenvalue weighted by Gasteiger charge is 2.17. The molecule has 0 atom stereocenters. The van der Waals surface area contributed by atoms with Crippen molar-refractivity contribution in [3.8, 4) is 0 Å². The van der Waals surface area contributed by atoms with Crippen LogP contribution in [0.4, 0.5) is 4.39 Å². The Morgan fingerprint density at radius 2 is 1.89 bits per heavy atom. The topological polar surface area (TPSA) is 32.9 Å². The number of H-pyrrole nitrogens is 1. The van der Waals surface area contributed by atoms with Gasteiger partial charge in [-0.05, 0) is 30.3 Å². The summed E-state index contributed by atoms with van der Waals surface area (Å²) in [5.41, 5.74) is 1.27. The van der Waals surface area contributed by atoms with E-state index in [-0.39, 0.29) is 11.3 Å². The second-order valence-electron chi connectivity index (χ2n) is 4.20. The molecule has 0 spiro atoms. The fourth-order valence-corrected chi connectivity index (χ4v) is 2.24. The molecule has 0 amide bonds. The van der Waals surface area contributed by atoms with Crippen LogP contribution in [0, 0.1) is 5.82 Å². The van der Waals surface area contributed by atoms with Crippen LogP contribution in [-0.4, -0.2) is 10.8 Å². The maximum absolute atomic E-state index is 13.7. The van der Waals surface area contributed by atoms with Gasteiger partial charge in [0, 0.05) is 27.7 Å². The zero-order valence-electron chi connectivity index (χ0n) is 9.78. The lowest BCUT2D eigenvalue weighted by molar-refractivity contribution is 0.103. The fourth-order valence-electron chi connectivity index (χ4n) is 2.07. The highest BCUT2D eigenvalue weighted by atomic mass is 35.5. The maximum atomic E-state index is 13.7. The van der Waals surface area contributed by atoms with Gasteiger partial charge in [0.1, 0.15) is 5.82 Å². The van der Waals surface area contributed by atoms with Gasteiger partial charge in [-0.1, -0.05) is 23.7 Å². The molecule has 3 rings (SSSR count). The highest BCUT2D eigenvalue weighted by molar-refractivity contribution is 6.31. The van der Waals surface area contributed by atoms with Crippen molar-refractivity contribution in [2.45, 2.75) is 0 Å². The molecule has 0 fully saturated rings. The summed E-state index contributed by atoms with van der Waals surface area (Å²) in [7, 11) is 0. The number of benzene rings is 2. The molecule has 2 aromatic carbocycles. The second-order valence-corrected chi connectivity index (χ2v) is 4.64. The van der Waals surface area contributed by atoms with Crippen LogP contribution in [0.1, 0.15) is 15.9 Å². The first-order valence-electron chi connectivity index (χ1n) is 5.72. The van der Waals surface area contributed by atoms with Crippen molar-refractivity contribution in [3.05, 3.63) is 70.6 Å². The third-order valence-corrected chi connectivity index (χ3v) is 3.24. The summed E-state index contributed by atoms with van der Waals surface area (Å²) >= 11 is 5.93. The normalized spacial score (nSPS) is 10.8. The fraction of sp³-hybridized carbons (Fsp3) is 0. The Morgan fingerprint density at radius 3 is 2.68 bits per heavy atom. The first-order chi connectivity index (χ1) is 9.16. The standard InChI is InChI=1S/C15H9ClFNO/c16-9-5-6-14-11(7-9)12(8-18-14)15(19)10-3-1-2-4-13(10)17/h1-8,18H. The molecule has 94 valence electrons. The first kappa shape index (κ1) is 11.9. The monoisotopic (exact) mass is 273 g/mol. The predicted molar refractivity (Wildman–Crippen MR) is 73.1 cm³/mol. The second kappa shape index (κ2) is 4.52. The van der Waals surface area contributed by atoms with E-state index in [1.807, 2.05) is 0 Å². The lowest BCUT2D eigenvalue weighted by Gasteiger charge is -2.01. The maximum Gasteiger partial charge on any atom is 0.198 e. The summed E-state index contributed by atoms with van der Waals surface area (Å²) < 4.78 is 13.7.